The highest BCUT2D eigenvalue weighted by molar-refractivity contribution is 5.85. The number of aliphatic hydroxyl groups is 1. The van der Waals surface area contributed by atoms with Crippen LogP contribution in [0.2, 0.25) is 0 Å². The first kappa shape index (κ1) is 16.5. The molecule has 0 saturated carbocycles. The first-order chi connectivity index (χ1) is 11.0. The van der Waals surface area contributed by atoms with Gasteiger partial charge in [0.15, 0.2) is 0 Å². The molecule has 1 fully saturated rings. The van der Waals surface area contributed by atoms with Crippen LogP contribution in [0.1, 0.15) is 55.3 Å². The van der Waals surface area contributed by atoms with Crippen LogP contribution in [0.3, 0.4) is 0 Å². The number of benzene rings is 1. The van der Waals surface area contributed by atoms with Crippen molar-refractivity contribution in [1.29, 1.82) is 0 Å². The number of fused-ring (bicyclic) bond motifs is 1. The number of carbonyl (C=O) groups is 1. The van der Waals surface area contributed by atoms with Gasteiger partial charge in [0.2, 0.25) is 0 Å². The number of hydrogen-bond donors (Lipinski definition) is 2. The highest BCUT2D eigenvalue weighted by Crippen LogP contribution is 2.26. The number of piperidine rings is 1. The maximum Gasteiger partial charge on any atom is 0.252 e. The molecule has 1 aliphatic heterocycles. The SMILES string of the molecule is C[C@@H](NC(=O)C1(O)CCN(C)CC1)c1ccc2c(c1)CCCC2. The first-order valence-electron chi connectivity index (χ1n) is 8.81. The van der Waals surface area contributed by atoms with Crippen LogP contribution in [0.5, 0.6) is 0 Å². The van der Waals surface area contributed by atoms with Gasteiger partial charge in [-0.3, -0.25) is 4.79 Å². The topological polar surface area (TPSA) is 52.6 Å². The fraction of sp³-hybridized carbons (Fsp3) is 0.632. The molecule has 1 heterocycles. The molecule has 1 saturated heterocycles. The fourth-order valence-corrected chi connectivity index (χ4v) is 3.65. The lowest BCUT2D eigenvalue weighted by Crippen LogP contribution is -2.53. The highest BCUT2D eigenvalue weighted by Gasteiger charge is 2.39. The van der Waals surface area contributed by atoms with Gasteiger partial charge >= 0.3 is 0 Å². The minimum Gasteiger partial charge on any atom is -0.380 e. The van der Waals surface area contributed by atoms with E-state index in [0.717, 1.165) is 25.1 Å². The molecule has 0 bridgehead atoms. The van der Waals surface area contributed by atoms with Crippen molar-refractivity contribution in [1.82, 2.24) is 10.2 Å². The predicted octanol–water partition coefficient (Wildman–Crippen LogP) is 2.20. The molecule has 2 aliphatic rings. The average Bonchev–Trinajstić information content (AvgIpc) is 2.57. The Morgan fingerprint density at radius 2 is 1.87 bits per heavy atom. The number of nitrogens with one attached hydrogen (secondary N) is 1. The normalized spacial score (nSPS) is 22.2. The van der Waals surface area contributed by atoms with E-state index in [9.17, 15) is 9.90 Å². The van der Waals surface area contributed by atoms with Crippen LogP contribution in [-0.2, 0) is 17.6 Å². The van der Waals surface area contributed by atoms with Gasteiger partial charge < -0.3 is 15.3 Å². The third kappa shape index (κ3) is 3.59. The third-order valence-electron chi connectivity index (χ3n) is 5.46. The Balaban J connectivity index is 1.66. The molecule has 4 nitrogen and oxygen atoms in total. The zero-order valence-electron chi connectivity index (χ0n) is 14.3. The lowest BCUT2D eigenvalue weighted by Gasteiger charge is -2.36. The zero-order chi connectivity index (χ0) is 16.4. The van der Waals surface area contributed by atoms with E-state index >= 15 is 0 Å². The second-order valence-electron chi connectivity index (χ2n) is 7.27. The van der Waals surface area contributed by atoms with E-state index in [-0.39, 0.29) is 11.9 Å². The Labute approximate surface area is 138 Å². The lowest BCUT2D eigenvalue weighted by molar-refractivity contribution is -0.145. The molecule has 126 valence electrons. The van der Waals surface area contributed by atoms with E-state index < -0.39 is 5.60 Å². The van der Waals surface area contributed by atoms with Crippen LogP contribution < -0.4 is 5.32 Å². The predicted molar refractivity (Wildman–Crippen MR) is 91.3 cm³/mol. The van der Waals surface area contributed by atoms with Crippen LogP contribution in [0.4, 0.5) is 0 Å². The molecule has 1 aliphatic carbocycles. The van der Waals surface area contributed by atoms with Crippen molar-refractivity contribution in [2.75, 3.05) is 20.1 Å². The summed E-state index contributed by atoms with van der Waals surface area (Å²) in [4.78, 5) is 14.7. The van der Waals surface area contributed by atoms with Crippen LogP contribution >= 0.6 is 0 Å². The maximum atomic E-state index is 12.5. The molecular weight excluding hydrogens is 288 g/mol. The molecule has 1 aromatic carbocycles. The van der Waals surface area contributed by atoms with E-state index in [4.69, 9.17) is 0 Å². The van der Waals surface area contributed by atoms with Gasteiger partial charge in [-0.1, -0.05) is 18.2 Å². The molecule has 0 unspecified atom stereocenters. The molecule has 4 heteroatoms. The Bertz CT molecular complexity index is 577. The zero-order valence-corrected chi connectivity index (χ0v) is 14.3. The summed E-state index contributed by atoms with van der Waals surface area (Å²) in [6.07, 6.45) is 5.85. The van der Waals surface area contributed by atoms with E-state index in [1.807, 2.05) is 14.0 Å². The summed E-state index contributed by atoms with van der Waals surface area (Å²) in [5.74, 6) is -0.226. The molecular formula is C19H28N2O2. The van der Waals surface area contributed by atoms with Gasteiger partial charge in [-0.05, 0) is 69.2 Å². The van der Waals surface area contributed by atoms with Gasteiger partial charge in [0, 0.05) is 13.1 Å². The Morgan fingerprint density at radius 1 is 1.22 bits per heavy atom. The quantitative estimate of drug-likeness (QED) is 0.899. The average molecular weight is 316 g/mol. The summed E-state index contributed by atoms with van der Waals surface area (Å²) in [6, 6.07) is 6.49. The summed E-state index contributed by atoms with van der Waals surface area (Å²) in [7, 11) is 2.02. The molecule has 1 aromatic rings. The van der Waals surface area contributed by atoms with Gasteiger partial charge in [-0.25, -0.2) is 0 Å². The van der Waals surface area contributed by atoms with Crippen molar-refractivity contribution in [3.8, 4) is 0 Å². The van der Waals surface area contributed by atoms with Crippen LogP contribution in [0.25, 0.3) is 0 Å². The molecule has 23 heavy (non-hydrogen) atoms. The van der Waals surface area contributed by atoms with Crippen LogP contribution in [0, 0.1) is 0 Å². The largest absolute Gasteiger partial charge is 0.380 e. The molecule has 1 atom stereocenters. The summed E-state index contributed by atoms with van der Waals surface area (Å²) in [6.45, 7) is 3.52. The smallest absolute Gasteiger partial charge is 0.252 e. The van der Waals surface area contributed by atoms with Crippen molar-refractivity contribution in [2.45, 2.75) is 57.1 Å². The summed E-state index contributed by atoms with van der Waals surface area (Å²) >= 11 is 0. The van der Waals surface area contributed by atoms with Crippen molar-refractivity contribution >= 4 is 5.91 Å². The minimum absolute atomic E-state index is 0.0709. The Morgan fingerprint density at radius 3 is 2.57 bits per heavy atom. The molecule has 0 spiro atoms. The molecule has 2 N–H and O–H groups in total. The van der Waals surface area contributed by atoms with Gasteiger partial charge in [0.05, 0.1) is 6.04 Å². The van der Waals surface area contributed by atoms with E-state index in [0.29, 0.717) is 12.8 Å². The molecule has 0 radical (unpaired) electrons. The number of likely N-dealkylation sites (tertiary alicyclic amines) is 1. The van der Waals surface area contributed by atoms with Crippen molar-refractivity contribution in [3.05, 3.63) is 34.9 Å². The van der Waals surface area contributed by atoms with Gasteiger partial charge in [-0.15, -0.1) is 0 Å². The molecule has 3 rings (SSSR count). The van der Waals surface area contributed by atoms with Crippen molar-refractivity contribution in [3.63, 3.8) is 0 Å². The Kier molecular flexibility index (Phi) is 4.74. The monoisotopic (exact) mass is 316 g/mol. The Hall–Kier alpha value is -1.39. The molecule has 0 aromatic heterocycles. The number of nitrogens with zero attached hydrogens (tertiary/aromatic N) is 1. The summed E-state index contributed by atoms with van der Waals surface area (Å²) < 4.78 is 0. The minimum atomic E-state index is -1.21. The van der Waals surface area contributed by atoms with Gasteiger partial charge in [0.25, 0.3) is 5.91 Å². The highest BCUT2D eigenvalue weighted by atomic mass is 16.3. The first-order valence-corrected chi connectivity index (χ1v) is 8.81. The summed E-state index contributed by atoms with van der Waals surface area (Å²) in [5, 5.41) is 13.6. The lowest BCUT2D eigenvalue weighted by atomic mass is 9.88. The van der Waals surface area contributed by atoms with Crippen molar-refractivity contribution in [2.24, 2.45) is 0 Å². The number of hydrogen-bond acceptors (Lipinski definition) is 3. The van der Waals surface area contributed by atoms with E-state index in [1.54, 1.807) is 0 Å². The van der Waals surface area contributed by atoms with Gasteiger partial charge in [0.1, 0.15) is 5.60 Å². The van der Waals surface area contributed by atoms with Crippen LogP contribution in [0.15, 0.2) is 18.2 Å². The molecule has 1 amide bonds. The standard InChI is InChI=1S/C19H28N2O2/c1-14(16-8-7-15-5-3-4-6-17(15)13-16)20-18(22)19(23)9-11-21(2)12-10-19/h7-8,13-14,23H,3-6,9-12H2,1-2H3,(H,20,22)/t14-/m1/s1. The van der Waals surface area contributed by atoms with Crippen LogP contribution in [-0.4, -0.2) is 41.7 Å². The number of amides is 1. The number of carbonyl (C=O) groups excluding carboxylic acids is 1. The number of rotatable bonds is 3. The fourth-order valence-electron chi connectivity index (χ4n) is 3.65. The van der Waals surface area contributed by atoms with Gasteiger partial charge in [-0.2, -0.15) is 0 Å². The van der Waals surface area contributed by atoms with E-state index in [1.165, 1.54) is 30.4 Å². The summed E-state index contributed by atoms with van der Waals surface area (Å²) in [5.41, 5.74) is 2.80. The van der Waals surface area contributed by atoms with Crippen molar-refractivity contribution < 1.29 is 9.90 Å². The second-order valence-corrected chi connectivity index (χ2v) is 7.27. The van der Waals surface area contributed by atoms with E-state index in [2.05, 4.69) is 28.4 Å². The maximum absolute atomic E-state index is 12.5. The number of aryl methyl sites for hydroxylation is 2. The second kappa shape index (κ2) is 6.62. The third-order valence-corrected chi connectivity index (χ3v) is 5.46.